The lowest BCUT2D eigenvalue weighted by Gasteiger charge is -2.32. The number of aromatic nitrogens is 1. The highest BCUT2D eigenvalue weighted by molar-refractivity contribution is 6.33. The summed E-state index contributed by atoms with van der Waals surface area (Å²) in [6.07, 6.45) is 5.23. The summed E-state index contributed by atoms with van der Waals surface area (Å²) in [6.45, 7) is 6.80. The van der Waals surface area contributed by atoms with Crippen LogP contribution in [-0.4, -0.2) is 42.7 Å². The second kappa shape index (κ2) is 9.98. The van der Waals surface area contributed by atoms with Crippen LogP contribution in [0, 0.1) is 11.8 Å². The van der Waals surface area contributed by atoms with Crippen LogP contribution in [-0.2, 0) is 9.53 Å². The van der Waals surface area contributed by atoms with Crippen molar-refractivity contribution in [2.45, 2.75) is 45.3 Å². The fraction of sp³-hybridized carbons (Fsp3) is 0.500. The minimum atomic E-state index is -0.0101. The molecule has 2 aromatic rings. The zero-order chi connectivity index (χ0) is 21.8. The van der Waals surface area contributed by atoms with Gasteiger partial charge >= 0.3 is 0 Å². The maximum atomic E-state index is 12.4. The van der Waals surface area contributed by atoms with Gasteiger partial charge in [0.1, 0.15) is 5.82 Å². The molecule has 3 unspecified atom stereocenters. The minimum absolute atomic E-state index is 0.00103. The van der Waals surface area contributed by atoms with Crippen molar-refractivity contribution in [2.24, 2.45) is 11.8 Å². The lowest BCUT2D eigenvalue weighted by molar-refractivity contribution is -0.119. The third kappa shape index (κ3) is 5.76. The highest BCUT2D eigenvalue weighted by atomic mass is 35.5. The number of benzene rings is 1. The van der Waals surface area contributed by atoms with E-state index in [-0.39, 0.29) is 11.8 Å². The molecule has 166 valence electrons. The molecule has 1 amide bonds. The van der Waals surface area contributed by atoms with Crippen molar-refractivity contribution in [2.75, 3.05) is 30.3 Å². The molecule has 0 spiro atoms. The predicted molar refractivity (Wildman–Crippen MR) is 126 cm³/mol. The van der Waals surface area contributed by atoms with E-state index in [2.05, 4.69) is 46.9 Å². The molecule has 0 saturated carbocycles. The van der Waals surface area contributed by atoms with E-state index in [1.165, 1.54) is 0 Å². The molecule has 6 nitrogen and oxygen atoms in total. The number of amides is 1. The van der Waals surface area contributed by atoms with Gasteiger partial charge in [-0.05, 0) is 69.3 Å². The Morgan fingerprint density at radius 1 is 1.26 bits per heavy atom. The number of rotatable bonds is 6. The van der Waals surface area contributed by atoms with Crippen molar-refractivity contribution in [3.8, 4) is 11.1 Å². The van der Waals surface area contributed by atoms with Crippen LogP contribution in [0.1, 0.15) is 33.1 Å². The van der Waals surface area contributed by atoms with Gasteiger partial charge < -0.3 is 20.7 Å². The molecule has 0 radical (unpaired) electrons. The van der Waals surface area contributed by atoms with Gasteiger partial charge in [0, 0.05) is 30.5 Å². The molecular formula is C24H31ClN4O2. The number of ether oxygens (including phenoxy) is 1. The first-order valence-corrected chi connectivity index (χ1v) is 11.5. The van der Waals surface area contributed by atoms with Crippen molar-refractivity contribution in [1.82, 2.24) is 10.3 Å². The highest BCUT2D eigenvalue weighted by Gasteiger charge is 2.24. The molecule has 3 heterocycles. The van der Waals surface area contributed by atoms with Gasteiger partial charge in [0.2, 0.25) is 5.91 Å². The number of halogens is 1. The lowest BCUT2D eigenvalue weighted by Crippen LogP contribution is -2.32. The van der Waals surface area contributed by atoms with Gasteiger partial charge in [-0.15, -0.1) is 0 Å². The Hall–Kier alpha value is -2.15. The second-order valence-electron chi connectivity index (χ2n) is 8.78. The van der Waals surface area contributed by atoms with Gasteiger partial charge in [-0.2, -0.15) is 0 Å². The Morgan fingerprint density at radius 3 is 2.81 bits per heavy atom. The molecule has 0 aliphatic carbocycles. The molecule has 2 fully saturated rings. The fourth-order valence-corrected chi connectivity index (χ4v) is 4.82. The molecule has 7 heteroatoms. The summed E-state index contributed by atoms with van der Waals surface area (Å²) < 4.78 is 5.85. The molecular weight excluding hydrogens is 412 g/mol. The summed E-state index contributed by atoms with van der Waals surface area (Å²) >= 11 is 6.46. The average molecular weight is 443 g/mol. The fourth-order valence-electron chi connectivity index (χ4n) is 4.60. The van der Waals surface area contributed by atoms with Crippen LogP contribution in [0.4, 0.5) is 11.5 Å². The van der Waals surface area contributed by atoms with Crippen LogP contribution in [0.3, 0.4) is 0 Å². The van der Waals surface area contributed by atoms with E-state index in [0.29, 0.717) is 35.5 Å². The normalized spacial score (nSPS) is 25.9. The van der Waals surface area contributed by atoms with Gasteiger partial charge in [0.15, 0.2) is 0 Å². The maximum absolute atomic E-state index is 12.4. The standard InChI is InChI=1S/C24H31ClN4O2/c1-15-8-17(9-16(2)31-15)12-27-20-5-3-4-18(10-20)21-11-23(28-14-22(21)25)29-24(30)19-6-7-26-13-19/h3-5,10-11,14-17,19,26-27H,6-9,12-13H2,1-2H3,(H,28,29,30). The van der Waals surface area contributed by atoms with E-state index in [9.17, 15) is 4.79 Å². The Bertz CT molecular complexity index is 906. The molecule has 3 N–H and O–H groups in total. The van der Waals surface area contributed by atoms with E-state index in [1.807, 2.05) is 18.2 Å². The van der Waals surface area contributed by atoms with Crippen molar-refractivity contribution in [3.63, 3.8) is 0 Å². The average Bonchev–Trinajstić information content (AvgIpc) is 3.28. The summed E-state index contributed by atoms with van der Waals surface area (Å²) in [5, 5.41) is 10.3. The van der Waals surface area contributed by atoms with Crippen molar-refractivity contribution in [1.29, 1.82) is 0 Å². The number of nitrogens with one attached hydrogen (secondary N) is 3. The number of pyridine rings is 1. The topological polar surface area (TPSA) is 75.3 Å². The Labute approximate surface area is 189 Å². The van der Waals surface area contributed by atoms with Gasteiger partial charge in [-0.25, -0.2) is 4.98 Å². The number of hydrogen-bond acceptors (Lipinski definition) is 5. The van der Waals surface area contributed by atoms with Gasteiger partial charge in [-0.1, -0.05) is 23.7 Å². The van der Waals surface area contributed by atoms with E-state index < -0.39 is 0 Å². The van der Waals surface area contributed by atoms with Crippen LogP contribution in [0.25, 0.3) is 11.1 Å². The molecule has 2 aliphatic heterocycles. The van der Waals surface area contributed by atoms with Crippen LogP contribution in [0.5, 0.6) is 0 Å². The summed E-state index contributed by atoms with van der Waals surface area (Å²) in [6, 6.07) is 10.1. The third-order valence-corrected chi connectivity index (χ3v) is 6.40. The Morgan fingerprint density at radius 2 is 2.06 bits per heavy atom. The minimum Gasteiger partial charge on any atom is -0.385 e. The second-order valence-corrected chi connectivity index (χ2v) is 9.19. The molecule has 1 aromatic heterocycles. The zero-order valence-electron chi connectivity index (χ0n) is 18.2. The monoisotopic (exact) mass is 442 g/mol. The smallest absolute Gasteiger partial charge is 0.229 e. The first-order chi connectivity index (χ1) is 15.0. The largest absolute Gasteiger partial charge is 0.385 e. The Balaban J connectivity index is 1.44. The van der Waals surface area contributed by atoms with Crippen LogP contribution < -0.4 is 16.0 Å². The number of nitrogens with zero attached hydrogens (tertiary/aromatic N) is 1. The molecule has 4 rings (SSSR count). The van der Waals surface area contributed by atoms with E-state index in [1.54, 1.807) is 6.20 Å². The summed E-state index contributed by atoms with van der Waals surface area (Å²) in [5.74, 6) is 1.11. The van der Waals surface area contributed by atoms with Crippen molar-refractivity contribution < 1.29 is 9.53 Å². The van der Waals surface area contributed by atoms with Crippen molar-refractivity contribution >= 4 is 29.0 Å². The van der Waals surface area contributed by atoms with Gasteiger partial charge in [-0.3, -0.25) is 4.79 Å². The summed E-state index contributed by atoms with van der Waals surface area (Å²) in [5.41, 5.74) is 2.90. The first-order valence-electron chi connectivity index (χ1n) is 11.1. The predicted octanol–water partition coefficient (Wildman–Crippen LogP) is 4.57. The quantitative estimate of drug-likeness (QED) is 0.611. The highest BCUT2D eigenvalue weighted by Crippen LogP contribution is 2.32. The first kappa shape index (κ1) is 22.1. The van der Waals surface area contributed by atoms with E-state index in [0.717, 1.165) is 49.2 Å². The van der Waals surface area contributed by atoms with Gasteiger partial charge in [0.05, 0.1) is 23.1 Å². The maximum Gasteiger partial charge on any atom is 0.229 e. The molecule has 3 atom stereocenters. The lowest BCUT2D eigenvalue weighted by atomic mass is 9.92. The summed E-state index contributed by atoms with van der Waals surface area (Å²) in [4.78, 5) is 16.7. The molecule has 31 heavy (non-hydrogen) atoms. The third-order valence-electron chi connectivity index (χ3n) is 6.10. The Kier molecular flexibility index (Phi) is 7.10. The van der Waals surface area contributed by atoms with Crippen molar-refractivity contribution in [3.05, 3.63) is 41.6 Å². The SMILES string of the molecule is CC1CC(CNc2cccc(-c3cc(NC(=O)C4CCNC4)ncc3Cl)c2)CC(C)O1. The van der Waals surface area contributed by atoms with Gasteiger partial charge in [0.25, 0.3) is 0 Å². The van der Waals surface area contributed by atoms with E-state index >= 15 is 0 Å². The van der Waals surface area contributed by atoms with Crippen LogP contribution >= 0.6 is 11.6 Å². The van der Waals surface area contributed by atoms with E-state index in [4.69, 9.17) is 16.3 Å². The molecule has 0 bridgehead atoms. The molecule has 1 aromatic carbocycles. The van der Waals surface area contributed by atoms with Crippen LogP contribution in [0.2, 0.25) is 5.02 Å². The number of hydrogen-bond donors (Lipinski definition) is 3. The van der Waals surface area contributed by atoms with Crippen LogP contribution in [0.15, 0.2) is 36.5 Å². The number of carbonyl (C=O) groups excluding carboxylic acids is 1. The number of carbonyl (C=O) groups is 1. The zero-order valence-corrected chi connectivity index (χ0v) is 18.9. The summed E-state index contributed by atoms with van der Waals surface area (Å²) in [7, 11) is 0. The molecule has 2 aliphatic rings. The number of anilines is 2. The molecule has 2 saturated heterocycles.